The third-order valence-electron chi connectivity index (χ3n) is 4.23. The molecule has 1 aromatic carbocycles. The highest BCUT2D eigenvalue weighted by molar-refractivity contribution is 7.18. The van der Waals surface area contributed by atoms with Gasteiger partial charge in [0.15, 0.2) is 11.9 Å². The minimum Gasteiger partial charge on any atom is -0.451 e. The van der Waals surface area contributed by atoms with Crippen LogP contribution in [0.15, 0.2) is 35.1 Å². The van der Waals surface area contributed by atoms with E-state index in [1.807, 2.05) is 13.8 Å². The van der Waals surface area contributed by atoms with Gasteiger partial charge in [0.2, 0.25) is 0 Å². The van der Waals surface area contributed by atoms with Crippen LogP contribution in [0.5, 0.6) is 0 Å². The van der Waals surface area contributed by atoms with Crippen LogP contribution in [0.2, 0.25) is 0 Å². The molecule has 0 amide bonds. The van der Waals surface area contributed by atoms with Crippen molar-refractivity contribution in [2.75, 3.05) is 0 Å². The normalized spacial score (nSPS) is 12.4. The Labute approximate surface area is 163 Å². The van der Waals surface area contributed by atoms with E-state index in [0.717, 1.165) is 10.4 Å². The highest BCUT2D eigenvalue weighted by atomic mass is 32.1. The second-order valence-electron chi connectivity index (χ2n) is 6.18. The van der Waals surface area contributed by atoms with Gasteiger partial charge in [-0.2, -0.15) is 0 Å². The average Bonchev–Trinajstić information content (AvgIpc) is 2.94. The summed E-state index contributed by atoms with van der Waals surface area (Å²) in [6.07, 6.45) is 1.83. The molecular formula is C19H17N3O5S. The van der Waals surface area contributed by atoms with Crippen molar-refractivity contribution >= 4 is 39.3 Å². The van der Waals surface area contributed by atoms with Crippen molar-refractivity contribution in [3.8, 4) is 0 Å². The van der Waals surface area contributed by atoms with Crippen LogP contribution in [0.3, 0.4) is 0 Å². The third kappa shape index (κ3) is 3.99. The molecule has 0 aliphatic carbocycles. The molecule has 0 spiro atoms. The lowest BCUT2D eigenvalue weighted by Gasteiger charge is -2.11. The number of nitrogens with one attached hydrogen (secondary N) is 1. The number of aromatic nitrogens is 2. The van der Waals surface area contributed by atoms with Gasteiger partial charge in [0.1, 0.15) is 4.83 Å². The predicted octanol–water partition coefficient (Wildman–Crippen LogP) is 3.83. The number of rotatable bonds is 5. The Hall–Kier alpha value is -3.33. The zero-order valence-electron chi connectivity index (χ0n) is 15.4. The number of hydrogen-bond acceptors (Lipinski definition) is 7. The number of fused-ring (bicyclic) bond motifs is 1. The number of ether oxygens (including phenoxy) is 1. The number of nitro benzene ring substituents is 1. The number of non-ortho nitro benzene ring substituents is 1. The fourth-order valence-corrected chi connectivity index (χ4v) is 3.68. The topological polar surface area (TPSA) is 115 Å². The number of carbonyl (C=O) groups is 1. The number of esters is 1. The zero-order chi connectivity index (χ0) is 20.4. The van der Waals surface area contributed by atoms with E-state index in [-0.39, 0.29) is 17.1 Å². The molecular weight excluding hydrogens is 382 g/mol. The Morgan fingerprint density at radius 3 is 2.86 bits per heavy atom. The second-order valence-corrected chi connectivity index (χ2v) is 7.38. The molecule has 2 aromatic heterocycles. The van der Waals surface area contributed by atoms with Crippen molar-refractivity contribution in [3.63, 3.8) is 0 Å². The first-order valence-corrected chi connectivity index (χ1v) is 9.21. The first kappa shape index (κ1) is 19.4. The minimum absolute atomic E-state index is 0.0690. The number of nitrogens with zero attached hydrogens (tertiary/aromatic N) is 2. The van der Waals surface area contributed by atoms with Gasteiger partial charge < -0.3 is 9.72 Å². The van der Waals surface area contributed by atoms with Crippen LogP contribution in [0.25, 0.3) is 16.3 Å². The molecule has 0 aliphatic heterocycles. The molecule has 3 aromatic rings. The van der Waals surface area contributed by atoms with Crippen LogP contribution < -0.4 is 5.56 Å². The summed E-state index contributed by atoms with van der Waals surface area (Å²) in [4.78, 5) is 43.4. The van der Waals surface area contributed by atoms with Crippen molar-refractivity contribution in [3.05, 3.63) is 72.6 Å². The number of benzene rings is 1. The quantitative estimate of drug-likeness (QED) is 0.302. The highest BCUT2D eigenvalue weighted by Crippen LogP contribution is 2.27. The van der Waals surface area contributed by atoms with Gasteiger partial charge in [0.05, 0.1) is 10.3 Å². The number of hydrogen-bond donors (Lipinski definition) is 1. The van der Waals surface area contributed by atoms with Gasteiger partial charge in [0, 0.05) is 23.1 Å². The van der Waals surface area contributed by atoms with Crippen molar-refractivity contribution in [1.29, 1.82) is 0 Å². The molecule has 0 bridgehead atoms. The van der Waals surface area contributed by atoms with E-state index in [0.29, 0.717) is 15.8 Å². The monoisotopic (exact) mass is 399 g/mol. The molecule has 144 valence electrons. The van der Waals surface area contributed by atoms with Gasteiger partial charge >= 0.3 is 5.97 Å². The Kier molecular flexibility index (Phi) is 5.36. The van der Waals surface area contributed by atoms with E-state index in [1.165, 1.54) is 41.7 Å². The van der Waals surface area contributed by atoms with Crippen LogP contribution in [0.4, 0.5) is 5.69 Å². The van der Waals surface area contributed by atoms with Gasteiger partial charge in [-0.3, -0.25) is 14.9 Å². The van der Waals surface area contributed by atoms with E-state index >= 15 is 0 Å². The average molecular weight is 399 g/mol. The van der Waals surface area contributed by atoms with Gasteiger partial charge in [0.25, 0.3) is 11.2 Å². The Balaban J connectivity index is 1.75. The summed E-state index contributed by atoms with van der Waals surface area (Å²) in [6, 6.07) is 5.88. The van der Waals surface area contributed by atoms with Crippen molar-refractivity contribution in [1.82, 2.24) is 9.97 Å². The highest BCUT2D eigenvalue weighted by Gasteiger charge is 2.17. The van der Waals surface area contributed by atoms with Gasteiger partial charge in [-0.1, -0.05) is 12.1 Å². The summed E-state index contributed by atoms with van der Waals surface area (Å²) >= 11 is 1.41. The number of carbonyl (C=O) groups excluding carboxylic acids is 1. The Morgan fingerprint density at radius 2 is 2.14 bits per heavy atom. The van der Waals surface area contributed by atoms with E-state index in [1.54, 1.807) is 13.0 Å². The van der Waals surface area contributed by atoms with Gasteiger partial charge in [-0.15, -0.1) is 11.3 Å². The summed E-state index contributed by atoms with van der Waals surface area (Å²) in [5, 5.41) is 11.3. The number of thiophene rings is 1. The third-order valence-corrected chi connectivity index (χ3v) is 5.33. The zero-order valence-corrected chi connectivity index (χ0v) is 16.2. The van der Waals surface area contributed by atoms with Crippen LogP contribution in [-0.2, 0) is 9.53 Å². The molecule has 0 aliphatic rings. The molecule has 9 heteroatoms. The molecule has 0 saturated heterocycles. The SMILES string of the molecule is Cc1sc2nc([C@@H](C)OC(=O)/C=C/c3cccc([N+](=O)[O-])c3)[nH]c(=O)c2c1C. The predicted molar refractivity (Wildman–Crippen MR) is 106 cm³/mol. The molecule has 1 atom stereocenters. The molecule has 2 heterocycles. The molecule has 0 saturated carbocycles. The lowest BCUT2D eigenvalue weighted by molar-refractivity contribution is -0.384. The fourth-order valence-electron chi connectivity index (χ4n) is 2.64. The standard InChI is InChI=1S/C19H17N3O5S/c1-10-12(3)28-19-16(10)18(24)20-17(21-19)11(2)27-15(23)8-7-13-5-4-6-14(9-13)22(25)26/h4-9,11H,1-3H3,(H,20,21,24)/b8-7+/t11-/m1/s1. The maximum Gasteiger partial charge on any atom is 0.331 e. The van der Waals surface area contributed by atoms with E-state index in [9.17, 15) is 19.7 Å². The molecule has 3 rings (SSSR count). The summed E-state index contributed by atoms with van der Waals surface area (Å²) in [6.45, 7) is 5.40. The first-order valence-electron chi connectivity index (χ1n) is 8.39. The summed E-state index contributed by atoms with van der Waals surface area (Å²) < 4.78 is 5.29. The smallest absolute Gasteiger partial charge is 0.331 e. The molecule has 1 N–H and O–H groups in total. The number of aromatic amines is 1. The first-order chi connectivity index (χ1) is 13.3. The molecule has 0 radical (unpaired) electrons. The lowest BCUT2D eigenvalue weighted by atomic mass is 10.2. The lowest BCUT2D eigenvalue weighted by Crippen LogP contribution is -2.16. The summed E-state index contributed by atoms with van der Waals surface area (Å²) in [5.74, 6) is -0.392. The van der Waals surface area contributed by atoms with Gasteiger partial charge in [-0.25, -0.2) is 9.78 Å². The second kappa shape index (κ2) is 7.73. The number of nitro groups is 1. The van der Waals surface area contributed by atoms with Gasteiger partial charge in [-0.05, 0) is 38.0 Å². The van der Waals surface area contributed by atoms with Crippen LogP contribution >= 0.6 is 11.3 Å². The van der Waals surface area contributed by atoms with Crippen LogP contribution in [0.1, 0.15) is 34.9 Å². The maximum atomic E-state index is 12.3. The van der Waals surface area contributed by atoms with Crippen molar-refractivity contribution in [2.24, 2.45) is 0 Å². The van der Waals surface area contributed by atoms with E-state index in [4.69, 9.17) is 4.74 Å². The van der Waals surface area contributed by atoms with E-state index in [2.05, 4.69) is 9.97 Å². The van der Waals surface area contributed by atoms with Crippen LogP contribution in [-0.4, -0.2) is 20.9 Å². The van der Waals surface area contributed by atoms with Crippen molar-refractivity contribution < 1.29 is 14.5 Å². The maximum absolute atomic E-state index is 12.3. The molecule has 0 fully saturated rings. The largest absolute Gasteiger partial charge is 0.451 e. The minimum atomic E-state index is -0.762. The number of aryl methyl sites for hydroxylation is 2. The molecule has 8 nitrogen and oxygen atoms in total. The Morgan fingerprint density at radius 1 is 1.39 bits per heavy atom. The van der Waals surface area contributed by atoms with Crippen molar-refractivity contribution in [2.45, 2.75) is 26.9 Å². The fraction of sp³-hybridized carbons (Fsp3) is 0.211. The molecule has 0 unspecified atom stereocenters. The van der Waals surface area contributed by atoms with Crippen LogP contribution in [0, 0.1) is 24.0 Å². The number of H-pyrrole nitrogens is 1. The molecule has 28 heavy (non-hydrogen) atoms. The summed E-state index contributed by atoms with van der Waals surface area (Å²) in [5.41, 5.74) is 1.05. The van der Waals surface area contributed by atoms with E-state index < -0.39 is 17.0 Å². The summed E-state index contributed by atoms with van der Waals surface area (Å²) in [7, 11) is 0. The Bertz CT molecular complexity index is 1160.